The van der Waals surface area contributed by atoms with Crippen LogP contribution < -0.4 is 9.04 Å². The summed E-state index contributed by atoms with van der Waals surface area (Å²) >= 11 is 6.10. The summed E-state index contributed by atoms with van der Waals surface area (Å²) in [5.74, 6) is 0.487. The van der Waals surface area contributed by atoms with Gasteiger partial charge in [-0.15, -0.1) is 6.58 Å². The summed E-state index contributed by atoms with van der Waals surface area (Å²) in [4.78, 5) is 0.212. The van der Waals surface area contributed by atoms with Crippen molar-refractivity contribution in [2.45, 2.75) is 4.90 Å². The van der Waals surface area contributed by atoms with Crippen LogP contribution in [0.2, 0.25) is 5.02 Å². The molecule has 0 saturated heterocycles. The number of rotatable bonds is 6. The monoisotopic (exact) mass is 337 g/mol. The first-order valence-electron chi connectivity index (χ1n) is 6.53. The molecule has 0 saturated carbocycles. The molecule has 0 radical (unpaired) electrons. The highest BCUT2D eigenvalue weighted by molar-refractivity contribution is 7.92. The van der Waals surface area contributed by atoms with Crippen molar-refractivity contribution < 1.29 is 13.2 Å². The number of anilines is 1. The van der Waals surface area contributed by atoms with Crippen LogP contribution in [-0.2, 0) is 10.0 Å². The fourth-order valence-corrected chi connectivity index (χ4v) is 3.69. The Labute approximate surface area is 135 Å². The summed E-state index contributed by atoms with van der Waals surface area (Å²) in [5, 5.41) is 0.345. The standard InChI is InChI=1S/C16H16ClNO3S/c1-3-11-18(13-9-10-16(21-2)15(17)12-13)22(19,20)14-7-5-4-6-8-14/h3-10,12H,1,11H2,2H3. The topological polar surface area (TPSA) is 46.6 Å². The zero-order valence-corrected chi connectivity index (χ0v) is 13.6. The molecule has 0 heterocycles. The van der Waals surface area contributed by atoms with Gasteiger partial charge in [0.15, 0.2) is 0 Å². The van der Waals surface area contributed by atoms with Gasteiger partial charge in [-0.2, -0.15) is 0 Å². The SMILES string of the molecule is C=CCN(c1ccc(OC)c(Cl)c1)S(=O)(=O)c1ccccc1. The lowest BCUT2D eigenvalue weighted by Gasteiger charge is -2.23. The molecule has 0 spiro atoms. The van der Waals surface area contributed by atoms with Gasteiger partial charge in [-0.05, 0) is 30.3 Å². The van der Waals surface area contributed by atoms with E-state index >= 15 is 0 Å². The number of benzene rings is 2. The number of sulfonamides is 1. The fraction of sp³-hybridized carbons (Fsp3) is 0.125. The summed E-state index contributed by atoms with van der Waals surface area (Å²) < 4.78 is 31.9. The normalized spacial score (nSPS) is 11.0. The first-order chi connectivity index (χ1) is 10.5. The highest BCUT2D eigenvalue weighted by Gasteiger charge is 2.24. The lowest BCUT2D eigenvalue weighted by molar-refractivity contribution is 0.415. The molecular formula is C16H16ClNO3S. The molecule has 2 rings (SSSR count). The molecule has 4 nitrogen and oxygen atoms in total. The molecule has 0 N–H and O–H groups in total. The molecule has 0 amide bonds. The lowest BCUT2D eigenvalue weighted by Crippen LogP contribution is -2.31. The van der Waals surface area contributed by atoms with Crippen molar-refractivity contribution in [2.75, 3.05) is 18.0 Å². The Bertz CT molecular complexity index is 760. The minimum atomic E-state index is -3.69. The van der Waals surface area contributed by atoms with Gasteiger partial charge in [0.25, 0.3) is 10.0 Å². The van der Waals surface area contributed by atoms with Crippen molar-refractivity contribution >= 4 is 27.3 Å². The predicted molar refractivity (Wildman–Crippen MR) is 89.2 cm³/mol. The van der Waals surface area contributed by atoms with Crippen LogP contribution in [0.15, 0.2) is 66.1 Å². The van der Waals surface area contributed by atoms with Crippen LogP contribution in [0.4, 0.5) is 5.69 Å². The first kappa shape index (κ1) is 16.4. The maximum Gasteiger partial charge on any atom is 0.264 e. The molecular weight excluding hydrogens is 322 g/mol. The minimum Gasteiger partial charge on any atom is -0.495 e. The van der Waals surface area contributed by atoms with E-state index in [2.05, 4.69) is 6.58 Å². The van der Waals surface area contributed by atoms with Crippen LogP contribution >= 0.6 is 11.6 Å². The van der Waals surface area contributed by atoms with Crippen LogP contribution in [-0.4, -0.2) is 22.1 Å². The van der Waals surface area contributed by atoms with Crippen LogP contribution in [0.25, 0.3) is 0 Å². The number of hydrogen-bond acceptors (Lipinski definition) is 3. The molecule has 0 aromatic heterocycles. The highest BCUT2D eigenvalue weighted by atomic mass is 35.5. The Hall–Kier alpha value is -1.98. The van der Waals surface area contributed by atoms with E-state index in [-0.39, 0.29) is 11.4 Å². The second kappa shape index (κ2) is 6.85. The number of methoxy groups -OCH3 is 1. The lowest BCUT2D eigenvalue weighted by atomic mass is 10.3. The third kappa shape index (κ3) is 3.26. The molecule has 0 aliphatic carbocycles. The van der Waals surface area contributed by atoms with Crippen LogP contribution in [0.3, 0.4) is 0 Å². The van der Waals surface area contributed by atoms with Gasteiger partial charge in [0, 0.05) is 0 Å². The summed E-state index contributed by atoms with van der Waals surface area (Å²) in [6.45, 7) is 3.76. The van der Waals surface area contributed by atoms with E-state index < -0.39 is 10.0 Å². The first-order valence-corrected chi connectivity index (χ1v) is 8.34. The largest absolute Gasteiger partial charge is 0.495 e. The van der Waals surface area contributed by atoms with Gasteiger partial charge < -0.3 is 4.74 Å². The van der Waals surface area contributed by atoms with Crippen LogP contribution in [0.5, 0.6) is 5.75 Å². The maximum absolute atomic E-state index is 12.8. The van der Waals surface area contributed by atoms with Gasteiger partial charge in [-0.3, -0.25) is 4.31 Å². The van der Waals surface area contributed by atoms with Gasteiger partial charge in [0.05, 0.1) is 29.3 Å². The van der Waals surface area contributed by atoms with E-state index in [1.54, 1.807) is 48.5 Å². The number of hydrogen-bond donors (Lipinski definition) is 0. The van der Waals surface area contributed by atoms with Gasteiger partial charge in [0.1, 0.15) is 5.75 Å². The van der Waals surface area contributed by atoms with Gasteiger partial charge in [0.2, 0.25) is 0 Å². The molecule has 0 unspecified atom stereocenters. The molecule has 22 heavy (non-hydrogen) atoms. The molecule has 2 aromatic carbocycles. The second-order valence-electron chi connectivity index (χ2n) is 4.46. The zero-order chi connectivity index (χ0) is 16.2. The van der Waals surface area contributed by atoms with E-state index in [1.807, 2.05) is 0 Å². The molecule has 0 bridgehead atoms. The highest BCUT2D eigenvalue weighted by Crippen LogP contribution is 2.31. The minimum absolute atomic E-state index is 0.139. The molecule has 0 atom stereocenters. The van der Waals surface area contributed by atoms with E-state index in [0.717, 1.165) is 0 Å². The van der Waals surface area contributed by atoms with E-state index in [0.29, 0.717) is 16.5 Å². The molecule has 0 fully saturated rings. The smallest absolute Gasteiger partial charge is 0.264 e. The quantitative estimate of drug-likeness (QED) is 0.754. The average Bonchev–Trinajstić information content (AvgIpc) is 2.53. The molecule has 0 aliphatic heterocycles. The summed E-state index contributed by atoms with van der Waals surface area (Å²) in [6, 6.07) is 13.1. The predicted octanol–water partition coefficient (Wildman–Crippen LogP) is 3.73. The van der Waals surface area contributed by atoms with Crippen molar-refractivity contribution in [1.29, 1.82) is 0 Å². The molecule has 6 heteroatoms. The van der Waals surface area contributed by atoms with Crippen LogP contribution in [0.1, 0.15) is 0 Å². The van der Waals surface area contributed by atoms with Crippen molar-refractivity contribution in [3.63, 3.8) is 0 Å². The van der Waals surface area contributed by atoms with Crippen molar-refractivity contribution in [2.24, 2.45) is 0 Å². The summed E-state index contributed by atoms with van der Waals surface area (Å²) in [6.07, 6.45) is 1.53. The Morgan fingerprint density at radius 3 is 2.45 bits per heavy atom. The Balaban J connectivity index is 2.51. The zero-order valence-electron chi connectivity index (χ0n) is 12.1. The molecule has 0 aliphatic rings. The van der Waals surface area contributed by atoms with E-state index in [4.69, 9.17) is 16.3 Å². The summed E-state index contributed by atoms with van der Waals surface area (Å²) in [5.41, 5.74) is 0.453. The van der Waals surface area contributed by atoms with E-state index in [1.165, 1.54) is 17.5 Å². The average molecular weight is 338 g/mol. The van der Waals surface area contributed by atoms with Crippen molar-refractivity contribution in [1.82, 2.24) is 0 Å². The van der Waals surface area contributed by atoms with Crippen molar-refractivity contribution in [3.05, 3.63) is 66.2 Å². The second-order valence-corrected chi connectivity index (χ2v) is 6.73. The van der Waals surface area contributed by atoms with Gasteiger partial charge >= 0.3 is 0 Å². The Kier molecular flexibility index (Phi) is 5.11. The van der Waals surface area contributed by atoms with Gasteiger partial charge in [-0.1, -0.05) is 35.9 Å². The Morgan fingerprint density at radius 2 is 1.91 bits per heavy atom. The van der Waals surface area contributed by atoms with E-state index in [9.17, 15) is 8.42 Å². The third-order valence-electron chi connectivity index (χ3n) is 3.05. The number of halogens is 1. The third-order valence-corrected chi connectivity index (χ3v) is 5.15. The van der Waals surface area contributed by atoms with Gasteiger partial charge in [-0.25, -0.2) is 8.42 Å². The maximum atomic E-state index is 12.8. The summed E-state index contributed by atoms with van der Waals surface area (Å²) in [7, 11) is -2.19. The van der Waals surface area contributed by atoms with Crippen molar-refractivity contribution in [3.8, 4) is 5.75 Å². The fourth-order valence-electron chi connectivity index (χ4n) is 1.99. The molecule has 116 valence electrons. The number of ether oxygens (including phenoxy) is 1. The van der Waals surface area contributed by atoms with Crippen LogP contribution in [0, 0.1) is 0 Å². The number of nitrogens with zero attached hydrogens (tertiary/aromatic N) is 1. The Morgan fingerprint density at radius 1 is 1.23 bits per heavy atom. The molecule has 2 aromatic rings.